The number of carbonyl (C=O) groups excluding carboxylic acids is 1. The summed E-state index contributed by atoms with van der Waals surface area (Å²) in [5, 5.41) is 4.09. The van der Waals surface area contributed by atoms with E-state index in [9.17, 15) is 4.79 Å². The Morgan fingerprint density at radius 3 is 3.04 bits per heavy atom. The number of carbonyl (C=O) groups is 1. The van der Waals surface area contributed by atoms with Gasteiger partial charge in [-0.05, 0) is 61.1 Å². The van der Waals surface area contributed by atoms with Gasteiger partial charge in [-0.3, -0.25) is 9.78 Å². The van der Waals surface area contributed by atoms with Crippen molar-refractivity contribution in [3.05, 3.63) is 65.1 Å². The van der Waals surface area contributed by atoms with Crippen LogP contribution >= 0.6 is 0 Å². The van der Waals surface area contributed by atoms with Gasteiger partial charge in [0.2, 0.25) is 0 Å². The fraction of sp³-hybridized carbons (Fsp3) is 0.333. The molecular formula is C21H24N4O. The third-order valence-electron chi connectivity index (χ3n) is 5.52. The Kier molecular flexibility index (Phi) is 4.24. The summed E-state index contributed by atoms with van der Waals surface area (Å²) < 4.78 is 0. The highest BCUT2D eigenvalue weighted by Gasteiger charge is 2.33. The molecular weight excluding hydrogens is 324 g/mol. The first-order chi connectivity index (χ1) is 12.6. The minimum atomic E-state index is -0.282. The van der Waals surface area contributed by atoms with Crippen molar-refractivity contribution in [1.29, 1.82) is 0 Å². The number of aromatic nitrogens is 2. The maximum absolute atomic E-state index is 12.6. The molecule has 1 aromatic carbocycles. The van der Waals surface area contributed by atoms with Crippen LogP contribution in [0.3, 0.4) is 0 Å². The zero-order valence-corrected chi connectivity index (χ0v) is 15.0. The smallest absolute Gasteiger partial charge is 0.251 e. The van der Waals surface area contributed by atoms with Crippen LogP contribution in [0.15, 0.2) is 42.7 Å². The lowest BCUT2D eigenvalue weighted by atomic mass is 9.79. The van der Waals surface area contributed by atoms with Crippen molar-refractivity contribution in [2.24, 2.45) is 5.73 Å². The molecule has 1 aliphatic carbocycles. The van der Waals surface area contributed by atoms with Gasteiger partial charge >= 0.3 is 0 Å². The number of benzene rings is 1. The lowest BCUT2D eigenvalue weighted by molar-refractivity contribution is 0.0951. The molecule has 0 fully saturated rings. The van der Waals surface area contributed by atoms with E-state index in [4.69, 9.17) is 5.73 Å². The van der Waals surface area contributed by atoms with Gasteiger partial charge in [0.1, 0.15) is 0 Å². The fourth-order valence-corrected chi connectivity index (χ4v) is 3.92. The number of H-pyrrole nitrogens is 1. The van der Waals surface area contributed by atoms with Gasteiger partial charge in [-0.25, -0.2) is 0 Å². The molecule has 5 nitrogen and oxygen atoms in total. The second-order valence-electron chi connectivity index (χ2n) is 7.15. The van der Waals surface area contributed by atoms with E-state index < -0.39 is 0 Å². The monoisotopic (exact) mass is 348 g/mol. The summed E-state index contributed by atoms with van der Waals surface area (Å²) in [7, 11) is 0. The van der Waals surface area contributed by atoms with Crippen molar-refractivity contribution >= 4 is 16.8 Å². The number of aryl methyl sites for hydroxylation is 1. The molecule has 134 valence electrons. The molecule has 1 unspecified atom stereocenters. The van der Waals surface area contributed by atoms with Gasteiger partial charge < -0.3 is 16.0 Å². The van der Waals surface area contributed by atoms with Crippen LogP contribution in [-0.2, 0) is 18.5 Å². The van der Waals surface area contributed by atoms with Crippen LogP contribution in [0.25, 0.3) is 10.9 Å². The van der Waals surface area contributed by atoms with Crippen LogP contribution in [-0.4, -0.2) is 15.9 Å². The number of aromatic amines is 1. The highest BCUT2D eigenvalue weighted by Crippen LogP contribution is 2.39. The van der Waals surface area contributed by atoms with Crippen molar-refractivity contribution in [2.45, 2.75) is 44.7 Å². The average Bonchev–Trinajstić information content (AvgIpc) is 3.06. The van der Waals surface area contributed by atoms with Crippen molar-refractivity contribution in [3.63, 3.8) is 0 Å². The lowest BCUT2D eigenvalue weighted by Crippen LogP contribution is -2.39. The van der Waals surface area contributed by atoms with Gasteiger partial charge in [0.15, 0.2) is 0 Å². The molecule has 3 aromatic rings. The normalized spacial score (nSPS) is 19.3. The average molecular weight is 348 g/mol. The van der Waals surface area contributed by atoms with E-state index in [1.54, 1.807) is 12.4 Å². The minimum Gasteiger partial charge on any atom is -0.357 e. The number of rotatable bonds is 4. The summed E-state index contributed by atoms with van der Waals surface area (Å²) in [4.78, 5) is 20.2. The standard InChI is InChI=1S/C21H24N4O/c1-2-21(22)9-3-6-16-17-11-15(7-8-18(17)25-19(16)21)20(26)24-13-14-5-4-10-23-12-14/h4-5,7-8,10-12,25H,2-3,6,9,13,22H2,1H3,(H,24,26). The highest BCUT2D eigenvalue weighted by molar-refractivity contribution is 5.99. The zero-order chi connectivity index (χ0) is 18.1. The van der Waals surface area contributed by atoms with E-state index >= 15 is 0 Å². The van der Waals surface area contributed by atoms with E-state index in [1.165, 1.54) is 5.56 Å². The van der Waals surface area contributed by atoms with E-state index in [2.05, 4.69) is 22.2 Å². The molecule has 0 saturated carbocycles. The molecule has 0 radical (unpaired) electrons. The number of amides is 1. The molecule has 4 N–H and O–H groups in total. The summed E-state index contributed by atoms with van der Waals surface area (Å²) in [6.07, 6.45) is 7.49. The second kappa shape index (κ2) is 6.57. The predicted octanol–water partition coefficient (Wildman–Crippen LogP) is 3.39. The van der Waals surface area contributed by atoms with Crippen molar-refractivity contribution in [2.75, 3.05) is 0 Å². The lowest BCUT2D eigenvalue weighted by Gasteiger charge is -2.32. The van der Waals surface area contributed by atoms with Gasteiger partial charge in [0.05, 0.1) is 5.54 Å². The second-order valence-corrected chi connectivity index (χ2v) is 7.15. The molecule has 0 aliphatic heterocycles. The fourth-order valence-electron chi connectivity index (χ4n) is 3.92. The molecule has 5 heteroatoms. The van der Waals surface area contributed by atoms with Gasteiger partial charge in [0, 0.05) is 41.1 Å². The van der Waals surface area contributed by atoms with E-state index in [1.807, 2.05) is 30.3 Å². The van der Waals surface area contributed by atoms with E-state index in [-0.39, 0.29) is 11.4 Å². The third kappa shape index (κ3) is 2.88. The largest absolute Gasteiger partial charge is 0.357 e. The highest BCUT2D eigenvalue weighted by atomic mass is 16.1. The molecule has 2 aromatic heterocycles. The van der Waals surface area contributed by atoms with Crippen LogP contribution in [0.2, 0.25) is 0 Å². The van der Waals surface area contributed by atoms with Gasteiger partial charge in [-0.2, -0.15) is 0 Å². The molecule has 0 saturated heterocycles. The number of nitrogens with two attached hydrogens (primary N) is 1. The first-order valence-electron chi connectivity index (χ1n) is 9.22. The molecule has 2 heterocycles. The van der Waals surface area contributed by atoms with Crippen molar-refractivity contribution in [3.8, 4) is 0 Å². The number of nitrogens with one attached hydrogen (secondary N) is 2. The zero-order valence-electron chi connectivity index (χ0n) is 15.0. The van der Waals surface area contributed by atoms with Crippen LogP contribution in [0.4, 0.5) is 0 Å². The maximum atomic E-state index is 12.6. The summed E-state index contributed by atoms with van der Waals surface area (Å²) in [6, 6.07) is 9.66. The van der Waals surface area contributed by atoms with Crippen molar-refractivity contribution in [1.82, 2.24) is 15.3 Å². The summed E-state index contributed by atoms with van der Waals surface area (Å²) >= 11 is 0. The van der Waals surface area contributed by atoms with Crippen LogP contribution in [0, 0.1) is 0 Å². The number of hydrogen-bond donors (Lipinski definition) is 3. The molecule has 4 rings (SSSR count). The molecule has 26 heavy (non-hydrogen) atoms. The first kappa shape index (κ1) is 16.8. The summed E-state index contributed by atoms with van der Waals surface area (Å²) in [5.74, 6) is -0.0731. The summed E-state index contributed by atoms with van der Waals surface area (Å²) in [5.41, 5.74) is 11.5. The predicted molar refractivity (Wildman–Crippen MR) is 103 cm³/mol. The Balaban J connectivity index is 1.62. The minimum absolute atomic E-state index is 0.0731. The van der Waals surface area contributed by atoms with Crippen LogP contribution in [0.5, 0.6) is 0 Å². The van der Waals surface area contributed by atoms with Gasteiger partial charge in [-0.1, -0.05) is 13.0 Å². The Morgan fingerprint density at radius 2 is 2.27 bits per heavy atom. The molecule has 1 atom stereocenters. The molecule has 0 bridgehead atoms. The summed E-state index contributed by atoms with van der Waals surface area (Å²) in [6.45, 7) is 2.61. The Hall–Kier alpha value is -2.66. The Morgan fingerprint density at radius 1 is 1.38 bits per heavy atom. The maximum Gasteiger partial charge on any atom is 0.251 e. The number of fused-ring (bicyclic) bond motifs is 3. The first-order valence-corrected chi connectivity index (χ1v) is 9.22. The Bertz CT molecular complexity index is 947. The topological polar surface area (TPSA) is 83.8 Å². The number of nitrogens with zero attached hydrogens (tertiary/aromatic N) is 1. The quantitative estimate of drug-likeness (QED) is 0.676. The van der Waals surface area contributed by atoms with E-state index in [0.29, 0.717) is 12.1 Å². The van der Waals surface area contributed by atoms with E-state index in [0.717, 1.165) is 47.8 Å². The van der Waals surface area contributed by atoms with Gasteiger partial charge in [0.25, 0.3) is 5.91 Å². The number of pyridine rings is 1. The SMILES string of the molecule is CCC1(N)CCCc2c1[nH]c1ccc(C(=O)NCc3cccnc3)cc21. The third-order valence-corrected chi connectivity index (χ3v) is 5.52. The molecule has 1 amide bonds. The van der Waals surface area contributed by atoms with Crippen LogP contribution < -0.4 is 11.1 Å². The number of hydrogen-bond acceptors (Lipinski definition) is 3. The Labute approximate surface area is 153 Å². The van der Waals surface area contributed by atoms with Crippen molar-refractivity contribution < 1.29 is 4.79 Å². The van der Waals surface area contributed by atoms with Crippen LogP contribution in [0.1, 0.15) is 53.4 Å². The molecule has 0 spiro atoms. The molecule has 1 aliphatic rings. The van der Waals surface area contributed by atoms with Gasteiger partial charge in [-0.15, -0.1) is 0 Å².